The van der Waals surface area contributed by atoms with Crippen LogP contribution in [-0.2, 0) is 4.79 Å². The van der Waals surface area contributed by atoms with Gasteiger partial charge in [-0.2, -0.15) is 5.10 Å². The van der Waals surface area contributed by atoms with Crippen LogP contribution in [0.5, 0.6) is 5.75 Å². The molecule has 202 valence electrons. The van der Waals surface area contributed by atoms with Crippen molar-refractivity contribution in [2.24, 2.45) is 0 Å². The van der Waals surface area contributed by atoms with Crippen LogP contribution in [0.2, 0.25) is 0 Å². The molecule has 0 saturated heterocycles. The summed E-state index contributed by atoms with van der Waals surface area (Å²) in [6.45, 7) is 9.52. The Hall–Kier alpha value is -4.59. The zero-order valence-corrected chi connectivity index (χ0v) is 23.3. The molecular formula is C31H35N5O3. The summed E-state index contributed by atoms with van der Waals surface area (Å²) >= 11 is 0. The summed E-state index contributed by atoms with van der Waals surface area (Å²) in [5.74, 6) is 0.929. The van der Waals surface area contributed by atoms with Crippen LogP contribution in [0.15, 0.2) is 72.8 Å². The first-order valence-electron chi connectivity index (χ1n) is 12.9. The van der Waals surface area contributed by atoms with Crippen molar-refractivity contribution in [1.29, 1.82) is 0 Å². The maximum absolute atomic E-state index is 13.5. The molecule has 39 heavy (non-hydrogen) atoms. The van der Waals surface area contributed by atoms with Gasteiger partial charge in [0.2, 0.25) is 5.91 Å². The number of hydrogen-bond acceptors (Lipinski definition) is 4. The van der Waals surface area contributed by atoms with Crippen molar-refractivity contribution in [2.45, 2.75) is 40.7 Å². The normalized spacial score (nSPS) is 10.8. The van der Waals surface area contributed by atoms with Gasteiger partial charge in [-0.1, -0.05) is 42.5 Å². The molecular weight excluding hydrogens is 490 g/mol. The number of ether oxygens (including phenoxy) is 1. The number of nitrogens with zero attached hydrogens (tertiary/aromatic N) is 3. The third-order valence-electron chi connectivity index (χ3n) is 6.74. The minimum absolute atomic E-state index is 0.130. The molecule has 0 radical (unpaired) electrons. The van der Waals surface area contributed by atoms with E-state index in [-0.39, 0.29) is 24.5 Å². The fraction of sp³-hybridized carbons (Fsp3) is 0.258. The molecule has 0 atom stereocenters. The molecule has 0 saturated carbocycles. The highest BCUT2D eigenvalue weighted by molar-refractivity contribution is 5.99. The van der Waals surface area contributed by atoms with Gasteiger partial charge in [0.05, 0.1) is 18.5 Å². The van der Waals surface area contributed by atoms with Crippen LogP contribution in [0.25, 0.3) is 16.8 Å². The Kier molecular flexibility index (Phi) is 8.34. The average Bonchev–Trinajstić information content (AvgIpc) is 3.25. The number of nitrogens with one attached hydrogen (secondary N) is 2. The fourth-order valence-electron chi connectivity index (χ4n) is 4.39. The van der Waals surface area contributed by atoms with Gasteiger partial charge in [0, 0.05) is 17.3 Å². The van der Waals surface area contributed by atoms with Crippen molar-refractivity contribution in [3.05, 3.63) is 89.6 Å². The zero-order chi connectivity index (χ0) is 28.1. The SMILES string of the molecule is COc1ccc(-n2nc(C)c(-c3ccccc3)c2NC(=O)CN(C(=O)Nc2cccc(C)c2C)C(C)C)cc1. The van der Waals surface area contributed by atoms with Crippen LogP contribution >= 0.6 is 0 Å². The molecule has 8 heteroatoms. The number of anilines is 2. The van der Waals surface area contributed by atoms with Crippen molar-refractivity contribution in [1.82, 2.24) is 14.7 Å². The summed E-state index contributed by atoms with van der Waals surface area (Å²) in [6, 6.07) is 22.5. The molecule has 1 heterocycles. The molecule has 0 aliphatic heterocycles. The second kappa shape index (κ2) is 11.9. The smallest absolute Gasteiger partial charge is 0.322 e. The van der Waals surface area contributed by atoms with E-state index < -0.39 is 0 Å². The Balaban J connectivity index is 1.64. The number of rotatable bonds is 8. The summed E-state index contributed by atoms with van der Waals surface area (Å²) in [5.41, 5.74) is 6.08. The number of amides is 3. The molecule has 8 nitrogen and oxygen atoms in total. The molecule has 0 spiro atoms. The van der Waals surface area contributed by atoms with Gasteiger partial charge in [-0.05, 0) is 81.6 Å². The Bertz CT molecular complexity index is 1460. The number of aryl methyl sites for hydroxylation is 2. The van der Waals surface area contributed by atoms with E-state index in [4.69, 9.17) is 9.84 Å². The lowest BCUT2D eigenvalue weighted by atomic mass is 10.1. The van der Waals surface area contributed by atoms with Crippen LogP contribution in [-0.4, -0.2) is 46.3 Å². The minimum Gasteiger partial charge on any atom is -0.497 e. The molecule has 0 bridgehead atoms. The number of aromatic nitrogens is 2. The third-order valence-corrected chi connectivity index (χ3v) is 6.74. The van der Waals surface area contributed by atoms with E-state index in [0.29, 0.717) is 5.82 Å². The van der Waals surface area contributed by atoms with Crippen LogP contribution < -0.4 is 15.4 Å². The molecule has 0 unspecified atom stereocenters. The second-order valence-corrected chi connectivity index (χ2v) is 9.73. The summed E-state index contributed by atoms with van der Waals surface area (Å²) < 4.78 is 7.01. The number of carbonyl (C=O) groups is 2. The fourth-order valence-corrected chi connectivity index (χ4v) is 4.39. The lowest BCUT2D eigenvalue weighted by Gasteiger charge is -2.27. The van der Waals surface area contributed by atoms with E-state index in [0.717, 1.165) is 45.1 Å². The monoisotopic (exact) mass is 525 g/mol. The predicted octanol–water partition coefficient (Wildman–Crippen LogP) is 6.35. The highest BCUT2D eigenvalue weighted by atomic mass is 16.5. The van der Waals surface area contributed by atoms with Crippen LogP contribution in [0, 0.1) is 20.8 Å². The standard InChI is InChI=1S/C31H35N5O3/c1-20(2)35(31(38)32-27-14-10-11-21(3)22(27)4)19-28(37)33-30-29(24-12-8-7-9-13-24)23(5)34-36(30)25-15-17-26(39-6)18-16-25/h7-18,20H,19H2,1-6H3,(H,32,38)(H,33,37). The molecule has 3 amide bonds. The van der Waals surface area contributed by atoms with E-state index in [9.17, 15) is 9.59 Å². The Morgan fingerprint density at radius 3 is 2.26 bits per heavy atom. The molecule has 4 rings (SSSR count). The Morgan fingerprint density at radius 1 is 0.923 bits per heavy atom. The largest absolute Gasteiger partial charge is 0.497 e. The molecule has 0 fully saturated rings. The van der Waals surface area contributed by atoms with E-state index in [1.165, 1.54) is 4.90 Å². The van der Waals surface area contributed by atoms with Crippen molar-refractivity contribution < 1.29 is 14.3 Å². The van der Waals surface area contributed by atoms with E-state index in [1.807, 2.05) is 107 Å². The van der Waals surface area contributed by atoms with E-state index in [1.54, 1.807) is 11.8 Å². The Labute approximate surface area is 229 Å². The molecule has 1 aromatic heterocycles. The van der Waals surface area contributed by atoms with Crippen LogP contribution in [0.4, 0.5) is 16.3 Å². The highest BCUT2D eigenvalue weighted by Gasteiger charge is 2.24. The molecule has 4 aromatic rings. The van der Waals surface area contributed by atoms with Gasteiger partial charge in [-0.3, -0.25) is 4.79 Å². The summed E-state index contributed by atoms with van der Waals surface area (Å²) in [5, 5.41) is 10.8. The van der Waals surface area contributed by atoms with Gasteiger partial charge in [0.1, 0.15) is 18.1 Å². The number of methoxy groups -OCH3 is 1. The first kappa shape index (κ1) is 27.4. The molecule has 3 aromatic carbocycles. The van der Waals surface area contributed by atoms with Gasteiger partial charge in [-0.25, -0.2) is 9.48 Å². The zero-order valence-electron chi connectivity index (χ0n) is 23.3. The number of carbonyl (C=O) groups excluding carboxylic acids is 2. The summed E-state index contributed by atoms with van der Waals surface area (Å²) in [7, 11) is 1.61. The first-order chi connectivity index (χ1) is 18.7. The predicted molar refractivity (Wildman–Crippen MR) is 156 cm³/mol. The van der Waals surface area contributed by atoms with Crippen molar-refractivity contribution in [3.63, 3.8) is 0 Å². The third kappa shape index (κ3) is 6.12. The quantitative estimate of drug-likeness (QED) is 0.280. The van der Waals surface area contributed by atoms with Gasteiger partial charge < -0.3 is 20.3 Å². The maximum atomic E-state index is 13.5. The van der Waals surface area contributed by atoms with Crippen molar-refractivity contribution in [2.75, 3.05) is 24.3 Å². The van der Waals surface area contributed by atoms with Gasteiger partial charge in [0.15, 0.2) is 0 Å². The van der Waals surface area contributed by atoms with E-state index >= 15 is 0 Å². The lowest BCUT2D eigenvalue weighted by Crippen LogP contribution is -2.44. The Morgan fingerprint density at radius 2 is 1.62 bits per heavy atom. The number of hydrogen-bond donors (Lipinski definition) is 2. The first-order valence-corrected chi connectivity index (χ1v) is 12.9. The van der Waals surface area contributed by atoms with Crippen molar-refractivity contribution >= 4 is 23.4 Å². The van der Waals surface area contributed by atoms with Gasteiger partial charge >= 0.3 is 6.03 Å². The molecule has 0 aliphatic carbocycles. The second-order valence-electron chi connectivity index (χ2n) is 9.73. The van der Waals surface area contributed by atoms with Gasteiger partial charge in [0.25, 0.3) is 0 Å². The summed E-state index contributed by atoms with van der Waals surface area (Å²) in [6.07, 6.45) is 0. The highest BCUT2D eigenvalue weighted by Crippen LogP contribution is 2.33. The number of benzene rings is 3. The van der Waals surface area contributed by atoms with E-state index in [2.05, 4.69) is 10.6 Å². The molecule has 0 aliphatic rings. The number of urea groups is 1. The average molecular weight is 526 g/mol. The summed E-state index contributed by atoms with van der Waals surface area (Å²) in [4.78, 5) is 28.3. The van der Waals surface area contributed by atoms with Crippen molar-refractivity contribution in [3.8, 4) is 22.6 Å². The van der Waals surface area contributed by atoms with Crippen LogP contribution in [0.3, 0.4) is 0 Å². The molecule has 2 N–H and O–H groups in total. The van der Waals surface area contributed by atoms with Gasteiger partial charge in [-0.15, -0.1) is 0 Å². The lowest BCUT2D eigenvalue weighted by molar-refractivity contribution is -0.117. The van der Waals surface area contributed by atoms with Crippen LogP contribution in [0.1, 0.15) is 30.7 Å². The maximum Gasteiger partial charge on any atom is 0.322 e. The topological polar surface area (TPSA) is 88.5 Å². The minimum atomic E-state index is -0.336.